The molecule has 90 valence electrons. The molecule has 6 heteroatoms. The van der Waals surface area contributed by atoms with E-state index >= 15 is 0 Å². The van der Waals surface area contributed by atoms with E-state index in [4.69, 9.17) is 5.26 Å². The van der Waals surface area contributed by atoms with Crippen molar-refractivity contribution in [2.45, 2.75) is 25.2 Å². The highest BCUT2D eigenvalue weighted by Gasteiger charge is 2.21. The average molecular weight is 240 g/mol. The lowest BCUT2D eigenvalue weighted by atomic mass is 9.83. The van der Waals surface area contributed by atoms with Gasteiger partial charge in [0.05, 0.1) is 0 Å². The van der Waals surface area contributed by atoms with E-state index in [2.05, 4.69) is 25.5 Å². The summed E-state index contributed by atoms with van der Waals surface area (Å²) in [6.45, 7) is 0. The van der Waals surface area contributed by atoms with Crippen LogP contribution in [0.15, 0.2) is 18.3 Å². The Balaban J connectivity index is 1.75. The van der Waals surface area contributed by atoms with E-state index in [0.717, 1.165) is 5.82 Å². The molecule has 1 fully saturated rings. The summed E-state index contributed by atoms with van der Waals surface area (Å²) < 4.78 is 0. The highest BCUT2D eigenvalue weighted by molar-refractivity contribution is 5.52. The number of nitriles is 1. The molecule has 0 spiro atoms. The van der Waals surface area contributed by atoms with Gasteiger partial charge in [0.15, 0.2) is 5.82 Å². The van der Waals surface area contributed by atoms with Gasteiger partial charge >= 0.3 is 0 Å². The van der Waals surface area contributed by atoms with Crippen LogP contribution in [0.4, 0.5) is 11.6 Å². The Morgan fingerprint density at radius 2 is 2.28 bits per heavy atom. The fourth-order valence-electron chi connectivity index (χ4n) is 1.94. The molecule has 3 rings (SSSR count). The molecule has 2 N–H and O–H groups in total. The van der Waals surface area contributed by atoms with Gasteiger partial charge in [0, 0.05) is 23.9 Å². The first-order valence-corrected chi connectivity index (χ1v) is 5.90. The lowest BCUT2D eigenvalue weighted by molar-refractivity contribution is 0.410. The highest BCUT2D eigenvalue weighted by atomic mass is 15.2. The molecule has 0 aliphatic heterocycles. The molecule has 0 aromatic carbocycles. The molecule has 1 saturated carbocycles. The molecule has 18 heavy (non-hydrogen) atoms. The van der Waals surface area contributed by atoms with Crippen LogP contribution in [0.3, 0.4) is 0 Å². The second-order valence-corrected chi connectivity index (χ2v) is 4.34. The summed E-state index contributed by atoms with van der Waals surface area (Å²) in [6.07, 6.45) is 5.30. The minimum atomic E-state index is 0.148. The molecule has 0 bridgehead atoms. The summed E-state index contributed by atoms with van der Waals surface area (Å²) in [4.78, 5) is 7.85. The van der Waals surface area contributed by atoms with Crippen LogP contribution in [0.5, 0.6) is 0 Å². The number of anilines is 2. The van der Waals surface area contributed by atoms with E-state index in [0.29, 0.717) is 11.7 Å². The van der Waals surface area contributed by atoms with Crippen molar-refractivity contribution in [3.05, 3.63) is 29.8 Å². The van der Waals surface area contributed by atoms with E-state index in [9.17, 15) is 0 Å². The summed E-state index contributed by atoms with van der Waals surface area (Å²) in [7, 11) is 0. The SMILES string of the molecule is N#Cc1nccc(Nc2cc(C3CCC3)[nH]n2)n1. The second kappa shape index (κ2) is 4.45. The predicted octanol–water partition coefficient (Wildman–Crippen LogP) is 2.08. The molecular weight excluding hydrogens is 228 g/mol. The van der Waals surface area contributed by atoms with Crippen molar-refractivity contribution in [3.63, 3.8) is 0 Å². The Labute approximate surface area is 104 Å². The normalized spacial score (nSPS) is 14.8. The Morgan fingerprint density at radius 3 is 3.00 bits per heavy atom. The zero-order valence-corrected chi connectivity index (χ0v) is 9.72. The molecule has 0 radical (unpaired) electrons. The van der Waals surface area contributed by atoms with Crippen LogP contribution < -0.4 is 5.32 Å². The molecular formula is C12H12N6. The zero-order chi connectivity index (χ0) is 12.4. The smallest absolute Gasteiger partial charge is 0.234 e. The fraction of sp³-hybridized carbons (Fsp3) is 0.333. The molecule has 6 nitrogen and oxygen atoms in total. The minimum Gasteiger partial charge on any atom is -0.323 e. The van der Waals surface area contributed by atoms with Crippen molar-refractivity contribution in [2.24, 2.45) is 0 Å². The van der Waals surface area contributed by atoms with Crippen molar-refractivity contribution in [2.75, 3.05) is 5.32 Å². The number of nitrogens with zero attached hydrogens (tertiary/aromatic N) is 4. The van der Waals surface area contributed by atoms with E-state index in [-0.39, 0.29) is 5.82 Å². The standard InChI is InChI=1S/C12H12N6/c13-7-12-14-5-4-10(16-12)15-11-6-9(17-18-11)8-2-1-3-8/h4-6,8H,1-3H2,(H2,14,15,16,17,18). The predicted molar refractivity (Wildman–Crippen MR) is 65.2 cm³/mol. The summed E-state index contributed by atoms with van der Waals surface area (Å²) in [5.74, 6) is 2.07. The van der Waals surface area contributed by atoms with Crippen molar-refractivity contribution >= 4 is 11.6 Å². The molecule has 1 aliphatic carbocycles. The van der Waals surface area contributed by atoms with Crippen molar-refractivity contribution in [3.8, 4) is 6.07 Å². The third-order valence-electron chi connectivity index (χ3n) is 3.15. The molecule has 0 amide bonds. The van der Waals surface area contributed by atoms with E-state index < -0.39 is 0 Å². The van der Waals surface area contributed by atoms with E-state index in [1.54, 1.807) is 12.3 Å². The van der Waals surface area contributed by atoms with Crippen molar-refractivity contribution in [1.82, 2.24) is 20.2 Å². The number of aromatic nitrogens is 4. The lowest BCUT2D eigenvalue weighted by Gasteiger charge is -2.23. The first kappa shape index (κ1) is 10.7. The Morgan fingerprint density at radius 1 is 1.39 bits per heavy atom. The largest absolute Gasteiger partial charge is 0.323 e. The summed E-state index contributed by atoms with van der Waals surface area (Å²) in [5, 5.41) is 19.0. The van der Waals surface area contributed by atoms with Crippen molar-refractivity contribution in [1.29, 1.82) is 5.26 Å². The van der Waals surface area contributed by atoms with Gasteiger partial charge in [-0.3, -0.25) is 5.10 Å². The van der Waals surface area contributed by atoms with Gasteiger partial charge < -0.3 is 5.32 Å². The molecule has 0 saturated heterocycles. The summed E-state index contributed by atoms with van der Waals surface area (Å²) in [5.41, 5.74) is 1.17. The second-order valence-electron chi connectivity index (χ2n) is 4.34. The molecule has 2 aromatic heterocycles. The van der Waals surface area contributed by atoms with Crippen LogP contribution in [0.1, 0.15) is 36.7 Å². The highest BCUT2D eigenvalue weighted by Crippen LogP contribution is 2.36. The maximum Gasteiger partial charge on any atom is 0.234 e. The maximum atomic E-state index is 8.72. The number of hydrogen-bond acceptors (Lipinski definition) is 5. The molecule has 1 aliphatic rings. The number of H-pyrrole nitrogens is 1. The maximum absolute atomic E-state index is 8.72. The summed E-state index contributed by atoms with van der Waals surface area (Å²) >= 11 is 0. The molecule has 0 atom stereocenters. The van der Waals surface area contributed by atoms with Gasteiger partial charge in [0.25, 0.3) is 0 Å². The van der Waals surface area contributed by atoms with Crippen LogP contribution in [0.25, 0.3) is 0 Å². The van der Waals surface area contributed by atoms with E-state index in [1.807, 2.05) is 12.1 Å². The Bertz CT molecular complexity index is 593. The van der Waals surface area contributed by atoms with Crippen LogP contribution in [0.2, 0.25) is 0 Å². The summed E-state index contributed by atoms with van der Waals surface area (Å²) in [6, 6.07) is 5.61. The molecule has 2 aromatic rings. The van der Waals surface area contributed by atoms with E-state index in [1.165, 1.54) is 25.0 Å². The third-order valence-corrected chi connectivity index (χ3v) is 3.15. The van der Waals surface area contributed by atoms with Gasteiger partial charge in [-0.2, -0.15) is 10.4 Å². The minimum absolute atomic E-state index is 0.148. The zero-order valence-electron chi connectivity index (χ0n) is 9.72. The van der Waals surface area contributed by atoms with Crippen molar-refractivity contribution < 1.29 is 0 Å². The Hall–Kier alpha value is -2.42. The topological polar surface area (TPSA) is 90.3 Å². The van der Waals surface area contributed by atoms with Gasteiger partial charge in [-0.1, -0.05) is 6.42 Å². The van der Waals surface area contributed by atoms with Gasteiger partial charge in [0.1, 0.15) is 11.9 Å². The van der Waals surface area contributed by atoms with Crippen LogP contribution in [-0.2, 0) is 0 Å². The number of nitrogens with one attached hydrogen (secondary N) is 2. The van der Waals surface area contributed by atoms with Gasteiger partial charge in [-0.15, -0.1) is 0 Å². The molecule has 0 unspecified atom stereocenters. The first-order chi connectivity index (χ1) is 8.85. The fourth-order valence-corrected chi connectivity index (χ4v) is 1.94. The van der Waals surface area contributed by atoms with Gasteiger partial charge in [-0.05, 0) is 18.9 Å². The van der Waals surface area contributed by atoms with Crippen LogP contribution in [0, 0.1) is 11.3 Å². The van der Waals surface area contributed by atoms with Crippen LogP contribution >= 0.6 is 0 Å². The van der Waals surface area contributed by atoms with Gasteiger partial charge in [0.2, 0.25) is 5.82 Å². The van der Waals surface area contributed by atoms with Gasteiger partial charge in [-0.25, -0.2) is 9.97 Å². The Kier molecular flexibility index (Phi) is 2.65. The number of rotatable bonds is 3. The first-order valence-electron chi connectivity index (χ1n) is 5.90. The number of aromatic amines is 1. The average Bonchev–Trinajstić information content (AvgIpc) is 2.75. The number of hydrogen-bond donors (Lipinski definition) is 2. The van der Waals surface area contributed by atoms with Crippen LogP contribution in [-0.4, -0.2) is 20.2 Å². The monoisotopic (exact) mass is 240 g/mol. The third kappa shape index (κ3) is 2.02. The molecule has 2 heterocycles. The lowest BCUT2D eigenvalue weighted by Crippen LogP contribution is -2.08. The quantitative estimate of drug-likeness (QED) is 0.857.